The Labute approximate surface area is 111 Å². The first-order valence-electron chi connectivity index (χ1n) is 7.98. The van der Waals surface area contributed by atoms with Gasteiger partial charge in [-0.05, 0) is 51.0 Å². The van der Waals surface area contributed by atoms with E-state index in [1.165, 1.54) is 57.9 Å². The Morgan fingerprint density at radius 3 is 2.56 bits per heavy atom. The Hall–Kier alpha value is -0.120. The number of aliphatic hydroxyl groups excluding tert-OH is 1. The van der Waals surface area contributed by atoms with Gasteiger partial charge in [0.25, 0.3) is 0 Å². The van der Waals surface area contributed by atoms with Gasteiger partial charge in [-0.3, -0.25) is 4.90 Å². The van der Waals surface area contributed by atoms with Crippen molar-refractivity contribution in [3.63, 3.8) is 0 Å². The van der Waals surface area contributed by atoms with Crippen LogP contribution in [-0.4, -0.2) is 47.8 Å². The van der Waals surface area contributed by atoms with Gasteiger partial charge in [-0.15, -0.1) is 0 Å². The molecule has 2 saturated carbocycles. The van der Waals surface area contributed by atoms with E-state index in [2.05, 4.69) is 10.2 Å². The van der Waals surface area contributed by atoms with Gasteiger partial charge in [-0.25, -0.2) is 0 Å². The van der Waals surface area contributed by atoms with Crippen LogP contribution in [0.1, 0.15) is 51.4 Å². The van der Waals surface area contributed by atoms with E-state index in [1.54, 1.807) is 0 Å². The van der Waals surface area contributed by atoms with E-state index in [1.807, 2.05) is 0 Å². The third-order valence-electron chi connectivity index (χ3n) is 5.02. The lowest BCUT2D eigenvalue weighted by Gasteiger charge is -2.31. The molecule has 3 aliphatic rings. The SMILES string of the molecule is OC(CNC1CC1)CN1CCCC1C1CCCC1. The van der Waals surface area contributed by atoms with Gasteiger partial charge < -0.3 is 10.4 Å². The summed E-state index contributed by atoms with van der Waals surface area (Å²) >= 11 is 0. The quantitative estimate of drug-likeness (QED) is 0.756. The predicted molar refractivity (Wildman–Crippen MR) is 73.6 cm³/mol. The van der Waals surface area contributed by atoms with Gasteiger partial charge in [-0.2, -0.15) is 0 Å². The molecule has 2 N–H and O–H groups in total. The second-order valence-electron chi connectivity index (χ2n) is 6.59. The van der Waals surface area contributed by atoms with Gasteiger partial charge in [0.15, 0.2) is 0 Å². The molecule has 1 saturated heterocycles. The van der Waals surface area contributed by atoms with Crippen LogP contribution < -0.4 is 5.32 Å². The molecular weight excluding hydrogens is 224 g/mol. The van der Waals surface area contributed by atoms with Crippen molar-refractivity contribution in [1.82, 2.24) is 10.2 Å². The number of hydrogen-bond acceptors (Lipinski definition) is 3. The van der Waals surface area contributed by atoms with Crippen molar-refractivity contribution in [3.8, 4) is 0 Å². The van der Waals surface area contributed by atoms with E-state index in [0.29, 0.717) is 6.04 Å². The Morgan fingerprint density at radius 2 is 1.83 bits per heavy atom. The molecule has 3 rings (SSSR count). The fraction of sp³-hybridized carbons (Fsp3) is 1.00. The van der Waals surface area contributed by atoms with Crippen LogP contribution >= 0.6 is 0 Å². The molecule has 0 aromatic heterocycles. The minimum absolute atomic E-state index is 0.174. The molecule has 3 fully saturated rings. The fourth-order valence-corrected chi connectivity index (χ4v) is 3.88. The van der Waals surface area contributed by atoms with E-state index in [-0.39, 0.29) is 6.10 Å². The Kier molecular flexibility index (Phi) is 4.22. The van der Waals surface area contributed by atoms with Crippen molar-refractivity contribution >= 4 is 0 Å². The normalized spacial score (nSPS) is 32.2. The average Bonchev–Trinajstić information content (AvgIpc) is 2.85. The molecule has 104 valence electrons. The molecule has 1 heterocycles. The zero-order valence-electron chi connectivity index (χ0n) is 11.5. The maximum absolute atomic E-state index is 10.1. The minimum Gasteiger partial charge on any atom is -0.390 e. The Balaban J connectivity index is 1.44. The molecule has 18 heavy (non-hydrogen) atoms. The lowest BCUT2D eigenvalue weighted by Crippen LogP contribution is -2.43. The van der Waals surface area contributed by atoms with Crippen LogP contribution in [0.2, 0.25) is 0 Å². The van der Waals surface area contributed by atoms with Crippen LogP contribution in [-0.2, 0) is 0 Å². The number of rotatable bonds is 6. The van der Waals surface area contributed by atoms with Gasteiger partial charge in [-0.1, -0.05) is 12.8 Å². The van der Waals surface area contributed by atoms with Crippen molar-refractivity contribution in [2.45, 2.75) is 69.6 Å². The number of β-amino-alcohol motifs (C(OH)–C–C–N with tert-alkyl or cyclic N) is 1. The molecule has 2 aliphatic carbocycles. The lowest BCUT2D eigenvalue weighted by atomic mass is 9.96. The molecule has 2 atom stereocenters. The summed E-state index contributed by atoms with van der Waals surface area (Å²) < 4.78 is 0. The highest BCUT2D eigenvalue weighted by molar-refractivity contribution is 4.89. The summed E-state index contributed by atoms with van der Waals surface area (Å²) in [5.41, 5.74) is 0. The van der Waals surface area contributed by atoms with Crippen LogP contribution in [0.15, 0.2) is 0 Å². The van der Waals surface area contributed by atoms with E-state index in [4.69, 9.17) is 0 Å². The number of aliphatic hydroxyl groups is 1. The third kappa shape index (κ3) is 3.25. The topological polar surface area (TPSA) is 35.5 Å². The third-order valence-corrected chi connectivity index (χ3v) is 5.02. The van der Waals surface area contributed by atoms with Gasteiger partial charge in [0.1, 0.15) is 0 Å². The molecule has 3 heteroatoms. The molecule has 0 spiro atoms. The summed E-state index contributed by atoms with van der Waals surface area (Å²) in [4.78, 5) is 2.58. The van der Waals surface area contributed by atoms with Crippen LogP contribution in [0.4, 0.5) is 0 Å². The monoisotopic (exact) mass is 252 g/mol. The smallest absolute Gasteiger partial charge is 0.0791 e. The summed E-state index contributed by atoms with van der Waals surface area (Å²) in [6.07, 6.45) is 10.9. The molecule has 0 aromatic rings. The molecule has 0 bridgehead atoms. The first kappa shape index (κ1) is 12.9. The van der Waals surface area contributed by atoms with E-state index >= 15 is 0 Å². The zero-order chi connectivity index (χ0) is 12.4. The highest BCUT2D eigenvalue weighted by Gasteiger charge is 2.34. The second kappa shape index (κ2) is 5.89. The Morgan fingerprint density at radius 1 is 1.06 bits per heavy atom. The van der Waals surface area contributed by atoms with Crippen molar-refractivity contribution in [2.24, 2.45) is 5.92 Å². The first-order chi connectivity index (χ1) is 8.83. The molecule has 0 aromatic carbocycles. The van der Waals surface area contributed by atoms with Crippen molar-refractivity contribution < 1.29 is 5.11 Å². The fourth-order valence-electron chi connectivity index (χ4n) is 3.88. The van der Waals surface area contributed by atoms with E-state index in [0.717, 1.165) is 25.0 Å². The highest BCUT2D eigenvalue weighted by atomic mass is 16.3. The standard InChI is InChI=1S/C15H28N2O/c18-14(10-16-13-7-8-13)11-17-9-3-6-15(17)12-4-1-2-5-12/h12-16,18H,1-11H2. The molecule has 0 radical (unpaired) electrons. The van der Waals surface area contributed by atoms with Crippen LogP contribution in [0.5, 0.6) is 0 Å². The number of likely N-dealkylation sites (tertiary alicyclic amines) is 1. The first-order valence-corrected chi connectivity index (χ1v) is 7.98. The highest BCUT2D eigenvalue weighted by Crippen LogP contribution is 2.35. The predicted octanol–water partition coefficient (Wildman–Crippen LogP) is 1.75. The maximum atomic E-state index is 10.1. The summed E-state index contributed by atoms with van der Waals surface area (Å²) in [7, 11) is 0. The largest absolute Gasteiger partial charge is 0.390 e. The molecular formula is C15H28N2O. The van der Waals surface area contributed by atoms with Gasteiger partial charge >= 0.3 is 0 Å². The molecule has 3 nitrogen and oxygen atoms in total. The van der Waals surface area contributed by atoms with Crippen molar-refractivity contribution in [3.05, 3.63) is 0 Å². The maximum Gasteiger partial charge on any atom is 0.0791 e. The second-order valence-corrected chi connectivity index (χ2v) is 6.59. The molecule has 2 unspecified atom stereocenters. The van der Waals surface area contributed by atoms with Gasteiger partial charge in [0.2, 0.25) is 0 Å². The number of nitrogens with zero attached hydrogens (tertiary/aromatic N) is 1. The summed E-state index contributed by atoms with van der Waals surface area (Å²) in [5, 5.41) is 13.6. The van der Waals surface area contributed by atoms with Gasteiger partial charge in [0, 0.05) is 25.2 Å². The number of nitrogens with one attached hydrogen (secondary N) is 1. The summed E-state index contributed by atoms with van der Waals surface area (Å²) in [6.45, 7) is 2.89. The van der Waals surface area contributed by atoms with Crippen molar-refractivity contribution in [1.29, 1.82) is 0 Å². The van der Waals surface area contributed by atoms with Gasteiger partial charge in [0.05, 0.1) is 6.10 Å². The Bertz CT molecular complexity index is 261. The average molecular weight is 252 g/mol. The van der Waals surface area contributed by atoms with Crippen LogP contribution in [0.3, 0.4) is 0 Å². The zero-order valence-corrected chi connectivity index (χ0v) is 11.5. The van der Waals surface area contributed by atoms with Crippen LogP contribution in [0, 0.1) is 5.92 Å². The lowest BCUT2D eigenvalue weighted by molar-refractivity contribution is 0.0885. The van der Waals surface area contributed by atoms with E-state index in [9.17, 15) is 5.11 Å². The molecule has 0 amide bonds. The van der Waals surface area contributed by atoms with Crippen LogP contribution in [0.25, 0.3) is 0 Å². The molecule has 1 aliphatic heterocycles. The van der Waals surface area contributed by atoms with Crippen molar-refractivity contribution in [2.75, 3.05) is 19.6 Å². The summed E-state index contributed by atoms with van der Waals surface area (Å²) in [6, 6.07) is 1.49. The number of hydrogen-bond donors (Lipinski definition) is 2. The summed E-state index contributed by atoms with van der Waals surface area (Å²) in [5.74, 6) is 0.927. The van der Waals surface area contributed by atoms with E-state index < -0.39 is 0 Å². The minimum atomic E-state index is -0.174.